The number of hydrogen-bond acceptors (Lipinski definition) is 3. The standard InChI is InChI=1S/C16H22FN3O2S/c1-9(2)5-10(3-4-21)8-18-15(22)12-6-11(17)7-13-14(12)20-16(23)19-13/h6-7,9-10,21H,3-5,8H2,1-2H3,(H,18,22)(H2,19,20,23). The summed E-state index contributed by atoms with van der Waals surface area (Å²) in [5.41, 5.74) is 1.19. The number of nitrogens with one attached hydrogen (secondary N) is 3. The van der Waals surface area contributed by atoms with Crippen LogP contribution in [0.4, 0.5) is 4.39 Å². The number of aliphatic hydroxyl groups excluding tert-OH is 1. The van der Waals surface area contributed by atoms with Gasteiger partial charge in [-0.3, -0.25) is 4.79 Å². The van der Waals surface area contributed by atoms with Crippen LogP contribution in [-0.2, 0) is 0 Å². The van der Waals surface area contributed by atoms with E-state index in [4.69, 9.17) is 17.3 Å². The zero-order valence-electron chi connectivity index (χ0n) is 13.3. The summed E-state index contributed by atoms with van der Waals surface area (Å²) in [5.74, 6) is -0.184. The summed E-state index contributed by atoms with van der Waals surface area (Å²) in [6.45, 7) is 4.73. The Morgan fingerprint density at radius 1 is 1.39 bits per heavy atom. The SMILES string of the molecule is CC(C)CC(CCO)CNC(=O)c1cc(F)cc2[nH]c(=S)[nH]c12. The third-order valence-corrected chi connectivity index (χ3v) is 3.93. The number of hydrogen-bond donors (Lipinski definition) is 4. The lowest BCUT2D eigenvalue weighted by atomic mass is 9.94. The van der Waals surface area contributed by atoms with Crippen LogP contribution in [0.15, 0.2) is 12.1 Å². The van der Waals surface area contributed by atoms with Crippen LogP contribution in [0.3, 0.4) is 0 Å². The van der Waals surface area contributed by atoms with Crippen molar-refractivity contribution in [2.24, 2.45) is 11.8 Å². The molecule has 0 fully saturated rings. The Bertz CT molecular complexity index is 738. The highest BCUT2D eigenvalue weighted by Crippen LogP contribution is 2.19. The first kappa shape index (κ1) is 17.6. The second-order valence-electron chi connectivity index (χ2n) is 6.17. The fourth-order valence-electron chi connectivity index (χ4n) is 2.77. The molecule has 0 aliphatic rings. The van der Waals surface area contributed by atoms with Crippen LogP contribution in [0.25, 0.3) is 11.0 Å². The third-order valence-electron chi connectivity index (χ3n) is 3.73. The van der Waals surface area contributed by atoms with Gasteiger partial charge in [-0.25, -0.2) is 4.39 Å². The fraction of sp³-hybridized carbons (Fsp3) is 0.500. The molecule has 126 valence electrons. The van der Waals surface area contributed by atoms with E-state index in [1.807, 2.05) is 0 Å². The molecule has 2 rings (SSSR count). The minimum atomic E-state index is -0.498. The second kappa shape index (κ2) is 7.70. The number of carbonyl (C=O) groups is 1. The van der Waals surface area contributed by atoms with E-state index < -0.39 is 5.82 Å². The largest absolute Gasteiger partial charge is 0.396 e. The highest BCUT2D eigenvalue weighted by molar-refractivity contribution is 7.71. The molecule has 1 aromatic heterocycles. The Morgan fingerprint density at radius 2 is 2.13 bits per heavy atom. The van der Waals surface area contributed by atoms with Crippen molar-refractivity contribution in [3.05, 3.63) is 28.3 Å². The Labute approximate surface area is 139 Å². The molecule has 0 aliphatic heterocycles. The molecule has 1 unspecified atom stereocenters. The van der Waals surface area contributed by atoms with E-state index in [-0.39, 0.29) is 24.0 Å². The number of aromatic amines is 2. The molecule has 0 aliphatic carbocycles. The summed E-state index contributed by atoms with van der Waals surface area (Å²) in [6, 6.07) is 2.49. The van der Waals surface area contributed by atoms with Gasteiger partial charge in [0.1, 0.15) is 5.82 Å². The van der Waals surface area contributed by atoms with Gasteiger partial charge in [0.05, 0.1) is 16.6 Å². The molecule has 0 saturated carbocycles. The van der Waals surface area contributed by atoms with Crippen molar-refractivity contribution in [2.45, 2.75) is 26.7 Å². The van der Waals surface area contributed by atoms with E-state index in [1.54, 1.807) is 0 Å². The molecule has 0 radical (unpaired) electrons. The molecule has 1 atom stereocenters. The number of halogens is 1. The van der Waals surface area contributed by atoms with Crippen molar-refractivity contribution in [2.75, 3.05) is 13.2 Å². The lowest BCUT2D eigenvalue weighted by Gasteiger charge is -2.18. The topological polar surface area (TPSA) is 80.9 Å². The van der Waals surface area contributed by atoms with Crippen LogP contribution in [0, 0.1) is 22.4 Å². The van der Waals surface area contributed by atoms with Gasteiger partial charge in [0.15, 0.2) is 4.77 Å². The average Bonchev–Trinajstić information content (AvgIpc) is 2.83. The Balaban J connectivity index is 2.15. The zero-order valence-corrected chi connectivity index (χ0v) is 14.1. The first-order chi connectivity index (χ1) is 10.9. The Hall–Kier alpha value is -1.73. The molecule has 4 N–H and O–H groups in total. The molecular weight excluding hydrogens is 317 g/mol. The summed E-state index contributed by atoms with van der Waals surface area (Å²) >= 11 is 5.00. The first-order valence-corrected chi connectivity index (χ1v) is 8.12. The molecule has 1 heterocycles. The molecule has 7 heteroatoms. The molecule has 0 saturated heterocycles. The van der Waals surface area contributed by atoms with Gasteiger partial charge >= 0.3 is 0 Å². The fourth-order valence-corrected chi connectivity index (χ4v) is 2.98. The minimum absolute atomic E-state index is 0.0857. The van der Waals surface area contributed by atoms with Gasteiger partial charge in [-0.2, -0.15) is 0 Å². The Kier molecular flexibility index (Phi) is 5.90. The van der Waals surface area contributed by atoms with E-state index >= 15 is 0 Å². The lowest BCUT2D eigenvalue weighted by Crippen LogP contribution is -2.30. The predicted molar refractivity (Wildman–Crippen MR) is 90.4 cm³/mol. The van der Waals surface area contributed by atoms with Crippen LogP contribution in [0.2, 0.25) is 0 Å². The molecule has 0 spiro atoms. The van der Waals surface area contributed by atoms with E-state index in [0.717, 1.165) is 6.42 Å². The number of aliphatic hydroxyl groups is 1. The Morgan fingerprint density at radius 3 is 2.78 bits per heavy atom. The number of fused-ring (bicyclic) bond motifs is 1. The van der Waals surface area contributed by atoms with E-state index in [1.165, 1.54) is 12.1 Å². The van der Waals surface area contributed by atoms with Crippen LogP contribution in [0.5, 0.6) is 0 Å². The highest BCUT2D eigenvalue weighted by atomic mass is 32.1. The van der Waals surface area contributed by atoms with E-state index in [9.17, 15) is 9.18 Å². The summed E-state index contributed by atoms with van der Waals surface area (Å²) in [6.07, 6.45) is 1.54. The summed E-state index contributed by atoms with van der Waals surface area (Å²) in [4.78, 5) is 18.1. The predicted octanol–water partition coefficient (Wildman–Crippen LogP) is 3.14. The smallest absolute Gasteiger partial charge is 0.253 e. The van der Waals surface area contributed by atoms with Gasteiger partial charge in [0.2, 0.25) is 0 Å². The average molecular weight is 339 g/mol. The van der Waals surface area contributed by atoms with Crippen molar-refractivity contribution in [3.63, 3.8) is 0 Å². The van der Waals surface area contributed by atoms with Crippen LogP contribution >= 0.6 is 12.2 Å². The molecule has 5 nitrogen and oxygen atoms in total. The normalized spacial score (nSPS) is 12.7. The summed E-state index contributed by atoms with van der Waals surface area (Å²) < 4.78 is 14.0. The number of imidazole rings is 1. The lowest BCUT2D eigenvalue weighted by molar-refractivity contribution is 0.0942. The van der Waals surface area contributed by atoms with Crippen molar-refractivity contribution in [3.8, 4) is 0 Å². The quantitative estimate of drug-likeness (QED) is 0.585. The van der Waals surface area contributed by atoms with Crippen LogP contribution in [-0.4, -0.2) is 34.1 Å². The summed E-state index contributed by atoms with van der Waals surface area (Å²) in [5, 5.41) is 12.0. The maximum Gasteiger partial charge on any atom is 0.253 e. The minimum Gasteiger partial charge on any atom is -0.396 e. The molecule has 1 amide bonds. The van der Waals surface area contributed by atoms with Gasteiger partial charge in [-0.05, 0) is 49.0 Å². The van der Waals surface area contributed by atoms with Crippen LogP contribution in [0.1, 0.15) is 37.0 Å². The number of carbonyl (C=O) groups excluding carboxylic acids is 1. The molecule has 23 heavy (non-hydrogen) atoms. The zero-order chi connectivity index (χ0) is 17.0. The van der Waals surface area contributed by atoms with E-state index in [0.29, 0.717) is 34.7 Å². The number of rotatable bonds is 7. The number of H-pyrrole nitrogens is 2. The van der Waals surface area contributed by atoms with Crippen molar-refractivity contribution < 1.29 is 14.3 Å². The number of benzene rings is 1. The van der Waals surface area contributed by atoms with Gasteiger partial charge in [-0.15, -0.1) is 0 Å². The molecule has 1 aromatic carbocycles. The molecule has 0 bridgehead atoms. The first-order valence-electron chi connectivity index (χ1n) is 7.71. The second-order valence-corrected chi connectivity index (χ2v) is 6.58. The monoisotopic (exact) mass is 339 g/mol. The molecule has 2 aromatic rings. The van der Waals surface area contributed by atoms with Gasteiger partial charge in [0, 0.05) is 13.2 Å². The van der Waals surface area contributed by atoms with Crippen molar-refractivity contribution in [1.82, 2.24) is 15.3 Å². The van der Waals surface area contributed by atoms with E-state index in [2.05, 4.69) is 29.1 Å². The maximum absolute atomic E-state index is 13.7. The van der Waals surface area contributed by atoms with Crippen molar-refractivity contribution >= 4 is 29.2 Å². The highest BCUT2D eigenvalue weighted by Gasteiger charge is 2.16. The maximum atomic E-state index is 13.7. The summed E-state index contributed by atoms with van der Waals surface area (Å²) in [7, 11) is 0. The van der Waals surface area contributed by atoms with Crippen molar-refractivity contribution in [1.29, 1.82) is 0 Å². The van der Waals surface area contributed by atoms with Gasteiger partial charge < -0.3 is 20.4 Å². The van der Waals surface area contributed by atoms with Crippen LogP contribution < -0.4 is 5.32 Å². The van der Waals surface area contributed by atoms with Gasteiger partial charge in [0.25, 0.3) is 5.91 Å². The third kappa shape index (κ3) is 4.62. The van der Waals surface area contributed by atoms with Gasteiger partial charge in [-0.1, -0.05) is 13.8 Å². The molecular formula is C16H22FN3O2S. The number of amides is 1. The number of aromatic nitrogens is 2.